The van der Waals surface area contributed by atoms with Gasteiger partial charge in [-0.15, -0.1) is 0 Å². The van der Waals surface area contributed by atoms with E-state index in [0.29, 0.717) is 13.0 Å². The predicted octanol–water partition coefficient (Wildman–Crippen LogP) is 2.40. The third-order valence-electron chi connectivity index (χ3n) is 2.75. The molecule has 0 heterocycles. The van der Waals surface area contributed by atoms with Crippen LogP contribution in [0.15, 0.2) is 40.9 Å². The van der Waals surface area contributed by atoms with E-state index in [9.17, 15) is 4.79 Å². The smallest absolute Gasteiger partial charge is 0.313 e. The van der Waals surface area contributed by atoms with Crippen molar-refractivity contribution in [2.45, 2.75) is 19.1 Å². The number of carbonyl (C=O) groups is 1. The van der Waals surface area contributed by atoms with E-state index >= 15 is 0 Å². The number of benzene rings is 1. The number of esters is 1. The number of hydrogen-bond donors (Lipinski definition) is 1. The Morgan fingerprint density at radius 1 is 1.41 bits per heavy atom. The molecule has 2 N–H and O–H groups in total. The second-order valence-corrected chi connectivity index (χ2v) is 4.94. The summed E-state index contributed by atoms with van der Waals surface area (Å²) in [5, 5.41) is 0. The number of nitrogens with two attached hydrogens (primary N) is 1. The summed E-state index contributed by atoms with van der Waals surface area (Å²) in [7, 11) is 0. The fourth-order valence-corrected chi connectivity index (χ4v) is 2.17. The van der Waals surface area contributed by atoms with Crippen LogP contribution >= 0.6 is 15.9 Å². The van der Waals surface area contributed by atoms with Gasteiger partial charge < -0.3 is 10.5 Å². The van der Waals surface area contributed by atoms with Crippen LogP contribution in [0.2, 0.25) is 0 Å². The minimum absolute atomic E-state index is 0.0176. The second-order valence-electron chi connectivity index (χ2n) is 4.09. The van der Waals surface area contributed by atoms with Crippen molar-refractivity contribution in [2.75, 3.05) is 0 Å². The van der Waals surface area contributed by atoms with Gasteiger partial charge in [0.05, 0.1) is 5.92 Å². The predicted molar refractivity (Wildman–Crippen MR) is 69.2 cm³/mol. The molecular weight excluding hydrogens is 282 g/mol. The molecule has 90 valence electrons. The highest BCUT2D eigenvalue weighted by atomic mass is 79.9. The first kappa shape index (κ1) is 12.3. The Labute approximate surface area is 109 Å². The molecule has 1 aromatic carbocycles. The largest absolute Gasteiger partial charge is 0.460 e. The van der Waals surface area contributed by atoms with Crippen molar-refractivity contribution < 1.29 is 9.53 Å². The summed E-state index contributed by atoms with van der Waals surface area (Å²) in [6, 6.07) is 7.67. The number of hydrogen-bond acceptors (Lipinski definition) is 3. The van der Waals surface area contributed by atoms with E-state index < -0.39 is 0 Å². The minimum atomic E-state index is -0.204. The zero-order valence-electron chi connectivity index (χ0n) is 9.30. The summed E-state index contributed by atoms with van der Waals surface area (Å²) in [5.41, 5.74) is 6.66. The van der Waals surface area contributed by atoms with Crippen LogP contribution in [0.25, 0.3) is 0 Å². The number of carbonyl (C=O) groups excluding carboxylic acids is 1. The van der Waals surface area contributed by atoms with Crippen molar-refractivity contribution in [3.05, 3.63) is 46.5 Å². The Hall–Kier alpha value is -1.13. The zero-order chi connectivity index (χ0) is 12.3. The molecule has 0 aliphatic heterocycles. The molecule has 1 aromatic rings. The summed E-state index contributed by atoms with van der Waals surface area (Å²) in [6.07, 6.45) is 4.33. The summed E-state index contributed by atoms with van der Waals surface area (Å²) in [4.78, 5) is 11.7. The van der Waals surface area contributed by atoms with Crippen molar-refractivity contribution in [1.82, 2.24) is 0 Å². The molecule has 3 nitrogen and oxygen atoms in total. The Morgan fingerprint density at radius 2 is 2.18 bits per heavy atom. The molecule has 4 heteroatoms. The third-order valence-corrected chi connectivity index (χ3v) is 3.52. The number of rotatable bonds is 3. The van der Waals surface area contributed by atoms with Crippen molar-refractivity contribution in [2.24, 2.45) is 11.7 Å². The van der Waals surface area contributed by atoms with Crippen molar-refractivity contribution in [3.8, 4) is 0 Å². The minimum Gasteiger partial charge on any atom is -0.460 e. The molecule has 2 rings (SSSR count). The van der Waals surface area contributed by atoms with E-state index in [1.54, 1.807) is 0 Å². The molecule has 1 aliphatic carbocycles. The Balaban J connectivity index is 1.89. The topological polar surface area (TPSA) is 52.3 Å². The Kier molecular flexibility index (Phi) is 3.97. The van der Waals surface area contributed by atoms with Gasteiger partial charge >= 0.3 is 5.97 Å². The van der Waals surface area contributed by atoms with E-state index in [4.69, 9.17) is 10.5 Å². The quantitative estimate of drug-likeness (QED) is 0.688. The second kappa shape index (κ2) is 5.47. The van der Waals surface area contributed by atoms with Gasteiger partial charge in [-0.3, -0.25) is 4.79 Å². The van der Waals surface area contributed by atoms with Gasteiger partial charge in [-0.05, 0) is 12.5 Å². The molecule has 0 aromatic heterocycles. The van der Waals surface area contributed by atoms with Crippen LogP contribution in [-0.2, 0) is 16.1 Å². The molecule has 2 atom stereocenters. The van der Waals surface area contributed by atoms with Crippen LogP contribution in [0.4, 0.5) is 0 Å². The zero-order valence-corrected chi connectivity index (χ0v) is 10.9. The molecule has 2 unspecified atom stereocenters. The number of halogens is 1. The maximum absolute atomic E-state index is 11.7. The fourth-order valence-electron chi connectivity index (χ4n) is 1.77. The summed E-state index contributed by atoms with van der Waals surface area (Å²) < 4.78 is 6.22. The van der Waals surface area contributed by atoms with Gasteiger partial charge in [-0.25, -0.2) is 0 Å². The van der Waals surface area contributed by atoms with E-state index in [0.717, 1.165) is 10.0 Å². The van der Waals surface area contributed by atoms with Gasteiger partial charge in [-0.2, -0.15) is 0 Å². The van der Waals surface area contributed by atoms with Gasteiger partial charge in [0.15, 0.2) is 0 Å². The first-order valence-corrected chi connectivity index (χ1v) is 6.30. The fraction of sp³-hybridized carbons (Fsp3) is 0.308. The SMILES string of the molecule is NC1C=CC(C(=O)OCc2ccccc2Br)C1. The van der Waals surface area contributed by atoms with Crippen molar-refractivity contribution >= 4 is 21.9 Å². The van der Waals surface area contributed by atoms with Crippen LogP contribution in [0.1, 0.15) is 12.0 Å². The van der Waals surface area contributed by atoms with Gasteiger partial charge in [0.2, 0.25) is 0 Å². The van der Waals surface area contributed by atoms with Crippen LogP contribution in [-0.4, -0.2) is 12.0 Å². The molecule has 0 radical (unpaired) electrons. The van der Waals surface area contributed by atoms with Crippen LogP contribution in [0.5, 0.6) is 0 Å². The highest BCUT2D eigenvalue weighted by molar-refractivity contribution is 9.10. The van der Waals surface area contributed by atoms with Gasteiger partial charge in [0.25, 0.3) is 0 Å². The lowest BCUT2D eigenvalue weighted by Crippen LogP contribution is -2.20. The average Bonchev–Trinajstić information content (AvgIpc) is 2.74. The first-order chi connectivity index (χ1) is 8.16. The van der Waals surface area contributed by atoms with Crippen molar-refractivity contribution in [3.63, 3.8) is 0 Å². The van der Waals surface area contributed by atoms with E-state index in [1.165, 1.54) is 0 Å². The van der Waals surface area contributed by atoms with Gasteiger partial charge in [0.1, 0.15) is 6.61 Å². The monoisotopic (exact) mass is 295 g/mol. The van der Waals surface area contributed by atoms with E-state index in [-0.39, 0.29) is 17.9 Å². The molecule has 1 aliphatic rings. The Bertz CT molecular complexity index is 445. The summed E-state index contributed by atoms with van der Waals surface area (Å²) in [6.45, 7) is 0.292. The maximum atomic E-state index is 11.7. The van der Waals surface area contributed by atoms with Crippen LogP contribution in [0, 0.1) is 5.92 Å². The van der Waals surface area contributed by atoms with E-state index in [2.05, 4.69) is 15.9 Å². The number of ether oxygens (including phenoxy) is 1. The normalized spacial score (nSPS) is 22.7. The molecule has 0 saturated heterocycles. The first-order valence-electron chi connectivity index (χ1n) is 5.51. The van der Waals surface area contributed by atoms with Crippen LogP contribution in [0.3, 0.4) is 0 Å². The van der Waals surface area contributed by atoms with E-state index in [1.807, 2.05) is 36.4 Å². The molecule has 0 fully saturated rings. The van der Waals surface area contributed by atoms with Gasteiger partial charge in [-0.1, -0.05) is 46.3 Å². The summed E-state index contributed by atoms with van der Waals surface area (Å²) >= 11 is 3.41. The highest BCUT2D eigenvalue weighted by Gasteiger charge is 2.24. The Morgan fingerprint density at radius 3 is 2.82 bits per heavy atom. The third kappa shape index (κ3) is 3.17. The summed E-state index contributed by atoms with van der Waals surface area (Å²) in [5.74, 6) is -0.391. The highest BCUT2D eigenvalue weighted by Crippen LogP contribution is 2.20. The lowest BCUT2D eigenvalue weighted by atomic mass is 10.1. The van der Waals surface area contributed by atoms with Crippen LogP contribution < -0.4 is 5.73 Å². The lowest BCUT2D eigenvalue weighted by Gasteiger charge is -2.10. The maximum Gasteiger partial charge on any atom is 0.313 e. The van der Waals surface area contributed by atoms with Crippen molar-refractivity contribution in [1.29, 1.82) is 0 Å². The molecule has 0 bridgehead atoms. The molecular formula is C13H14BrNO2. The van der Waals surface area contributed by atoms with Gasteiger partial charge in [0, 0.05) is 16.1 Å². The molecule has 17 heavy (non-hydrogen) atoms. The molecule has 0 spiro atoms. The standard InChI is InChI=1S/C13H14BrNO2/c14-12-4-2-1-3-10(12)8-17-13(16)9-5-6-11(15)7-9/h1-6,9,11H,7-8,15H2. The molecule has 0 amide bonds. The lowest BCUT2D eigenvalue weighted by molar-refractivity contribution is -0.148. The average molecular weight is 296 g/mol. The molecule has 0 saturated carbocycles.